The summed E-state index contributed by atoms with van der Waals surface area (Å²) >= 11 is 0. The molecule has 0 aliphatic carbocycles. The largest absolute Gasteiger partial charge is 0.311 e. The lowest BCUT2D eigenvalue weighted by Gasteiger charge is -2.25. The van der Waals surface area contributed by atoms with E-state index in [1.165, 1.54) is 5.57 Å². The van der Waals surface area contributed by atoms with Crippen LogP contribution >= 0.6 is 0 Å². The van der Waals surface area contributed by atoms with Crippen molar-refractivity contribution in [2.24, 2.45) is 0 Å². The normalized spacial score (nSPS) is 12.1. The van der Waals surface area contributed by atoms with Crippen molar-refractivity contribution in [1.29, 1.82) is 0 Å². The number of nitrogens with one attached hydrogen (secondary N) is 1. The topological polar surface area (TPSA) is 15.3 Å². The Morgan fingerprint density at radius 1 is 1.36 bits per heavy atom. The van der Waals surface area contributed by atoms with E-state index in [1.807, 2.05) is 0 Å². The minimum Gasteiger partial charge on any atom is -0.311 e. The molecule has 2 heteroatoms. The summed E-state index contributed by atoms with van der Waals surface area (Å²) in [6, 6.07) is 0. The lowest BCUT2D eigenvalue weighted by atomic mass is 10.1. The number of hydrogen-bond acceptors (Lipinski definition) is 2. The average Bonchev–Trinajstić information content (AvgIpc) is 1.99. The second-order valence-corrected chi connectivity index (χ2v) is 5.00. The molecule has 2 nitrogen and oxygen atoms in total. The van der Waals surface area contributed by atoms with Crippen LogP contribution in [0.15, 0.2) is 12.2 Å². The molecule has 0 aliphatic heterocycles. The summed E-state index contributed by atoms with van der Waals surface area (Å²) in [5.74, 6) is 0. The van der Waals surface area contributed by atoms with Crippen LogP contribution in [0, 0.1) is 0 Å². The van der Waals surface area contributed by atoms with E-state index in [0.717, 1.165) is 26.2 Å². The first-order valence-corrected chi connectivity index (χ1v) is 5.47. The van der Waals surface area contributed by atoms with Gasteiger partial charge in [-0.1, -0.05) is 19.1 Å². The van der Waals surface area contributed by atoms with E-state index in [1.54, 1.807) is 0 Å². The predicted molar refractivity (Wildman–Crippen MR) is 64.7 cm³/mol. The molecule has 0 rings (SSSR count). The molecule has 0 aromatic carbocycles. The van der Waals surface area contributed by atoms with Crippen LogP contribution in [-0.2, 0) is 0 Å². The molecular weight excluding hydrogens is 172 g/mol. The molecule has 0 atom stereocenters. The minimum absolute atomic E-state index is 0.225. The molecule has 0 aromatic rings. The fourth-order valence-corrected chi connectivity index (χ4v) is 1.32. The molecule has 0 saturated carbocycles. The number of hydrogen-bond donors (Lipinski definition) is 1. The molecular formula is C12H26N2. The van der Waals surface area contributed by atoms with E-state index in [-0.39, 0.29) is 5.54 Å². The molecule has 0 aromatic heterocycles. The third kappa shape index (κ3) is 8.27. The second-order valence-electron chi connectivity index (χ2n) is 5.00. The van der Waals surface area contributed by atoms with Crippen molar-refractivity contribution in [3.05, 3.63) is 12.2 Å². The molecule has 14 heavy (non-hydrogen) atoms. The van der Waals surface area contributed by atoms with Gasteiger partial charge < -0.3 is 5.32 Å². The zero-order valence-electron chi connectivity index (χ0n) is 10.5. The van der Waals surface area contributed by atoms with Gasteiger partial charge in [0.15, 0.2) is 0 Å². The standard InChI is InChI=1S/C12H26N2/c1-7-14(10-11(2)3)9-8-13-12(4,5)6/h13H,2,7-10H2,1,3-6H3. The highest BCUT2D eigenvalue weighted by Gasteiger charge is 2.09. The molecule has 0 spiro atoms. The summed E-state index contributed by atoms with van der Waals surface area (Å²) in [5, 5.41) is 3.49. The van der Waals surface area contributed by atoms with Gasteiger partial charge in [0.25, 0.3) is 0 Å². The van der Waals surface area contributed by atoms with Crippen LogP contribution in [0.5, 0.6) is 0 Å². The monoisotopic (exact) mass is 198 g/mol. The maximum absolute atomic E-state index is 3.94. The van der Waals surface area contributed by atoms with E-state index >= 15 is 0 Å². The zero-order valence-corrected chi connectivity index (χ0v) is 10.5. The minimum atomic E-state index is 0.225. The van der Waals surface area contributed by atoms with Gasteiger partial charge in [-0.2, -0.15) is 0 Å². The first-order valence-electron chi connectivity index (χ1n) is 5.47. The van der Waals surface area contributed by atoms with E-state index in [2.05, 4.69) is 51.4 Å². The summed E-state index contributed by atoms with van der Waals surface area (Å²) in [6.07, 6.45) is 0. The fraction of sp³-hybridized carbons (Fsp3) is 0.833. The molecule has 0 unspecified atom stereocenters. The molecule has 84 valence electrons. The zero-order chi connectivity index (χ0) is 11.2. The van der Waals surface area contributed by atoms with Gasteiger partial charge in [0.05, 0.1) is 0 Å². The van der Waals surface area contributed by atoms with Gasteiger partial charge in [-0.05, 0) is 34.2 Å². The first-order chi connectivity index (χ1) is 6.35. The van der Waals surface area contributed by atoms with Crippen LogP contribution in [0.25, 0.3) is 0 Å². The van der Waals surface area contributed by atoms with Crippen LogP contribution in [0.2, 0.25) is 0 Å². The molecule has 0 bridgehead atoms. The Labute approximate surface area is 89.4 Å². The smallest absolute Gasteiger partial charge is 0.0187 e. The SMILES string of the molecule is C=C(C)CN(CC)CCNC(C)(C)C. The Morgan fingerprint density at radius 3 is 2.29 bits per heavy atom. The van der Waals surface area contributed by atoms with Crippen molar-refractivity contribution in [3.8, 4) is 0 Å². The number of rotatable bonds is 6. The van der Waals surface area contributed by atoms with Crippen molar-refractivity contribution >= 4 is 0 Å². The van der Waals surface area contributed by atoms with Crippen molar-refractivity contribution in [2.75, 3.05) is 26.2 Å². The second kappa shape index (κ2) is 6.20. The van der Waals surface area contributed by atoms with Gasteiger partial charge >= 0.3 is 0 Å². The van der Waals surface area contributed by atoms with E-state index in [0.29, 0.717) is 0 Å². The van der Waals surface area contributed by atoms with E-state index in [4.69, 9.17) is 0 Å². The highest BCUT2D eigenvalue weighted by molar-refractivity contribution is 4.91. The van der Waals surface area contributed by atoms with Gasteiger partial charge in [0.2, 0.25) is 0 Å². The Hall–Kier alpha value is -0.340. The van der Waals surface area contributed by atoms with Gasteiger partial charge in [0, 0.05) is 25.2 Å². The van der Waals surface area contributed by atoms with Crippen LogP contribution in [0.1, 0.15) is 34.6 Å². The first kappa shape index (κ1) is 13.7. The summed E-state index contributed by atoms with van der Waals surface area (Å²) < 4.78 is 0. The molecule has 1 N–H and O–H groups in total. The van der Waals surface area contributed by atoms with Crippen LogP contribution < -0.4 is 5.32 Å². The summed E-state index contributed by atoms with van der Waals surface area (Å²) in [7, 11) is 0. The number of nitrogens with zero attached hydrogens (tertiary/aromatic N) is 1. The van der Waals surface area contributed by atoms with E-state index < -0.39 is 0 Å². The van der Waals surface area contributed by atoms with Crippen LogP contribution in [0.3, 0.4) is 0 Å². The Bertz CT molecular complexity index is 168. The maximum atomic E-state index is 3.94. The van der Waals surface area contributed by atoms with Crippen molar-refractivity contribution in [1.82, 2.24) is 10.2 Å². The summed E-state index contributed by atoms with van der Waals surface area (Å²) in [5.41, 5.74) is 1.46. The third-order valence-corrected chi connectivity index (χ3v) is 2.02. The van der Waals surface area contributed by atoms with Gasteiger partial charge in [-0.25, -0.2) is 0 Å². The quantitative estimate of drug-likeness (QED) is 0.659. The molecule has 0 fully saturated rings. The highest BCUT2D eigenvalue weighted by Crippen LogP contribution is 1.99. The number of likely N-dealkylation sites (N-methyl/N-ethyl adjacent to an activating group) is 1. The maximum Gasteiger partial charge on any atom is 0.0187 e. The Kier molecular flexibility index (Phi) is 6.05. The summed E-state index contributed by atoms with van der Waals surface area (Å²) in [4.78, 5) is 2.40. The van der Waals surface area contributed by atoms with Crippen LogP contribution in [-0.4, -0.2) is 36.6 Å². The van der Waals surface area contributed by atoms with Crippen molar-refractivity contribution in [2.45, 2.75) is 40.2 Å². The molecule has 0 saturated heterocycles. The van der Waals surface area contributed by atoms with Crippen molar-refractivity contribution < 1.29 is 0 Å². The van der Waals surface area contributed by atoms with Gasteiger partial charge in [-0.15, -0.1) is 0 Å². The van der Waals surface area contributed by atoms with Crippen molar-refractivity contribution in [3.63, 3.8) is 0 Å². The van der Waals surface area contributed by atoms with Gasteiger partial charge in [-0.3, -0.25) is 4.90 Å². The Morgan fingerprint density at radius 2 is 1.93 bits per heavy atom. The Balaban J connectivity index is 3.68. The van der Waals surface area contributed by atoms with E-state index in [9.17, 15) is 0 Å². The summed E-state index contributed by atoms with van der Waals surface area (Å²) in [6.45, 7) is 19.1. The molecule has 0 aliphatic rings. The fourth-order valence-electron chi connectivity index (χ4n) is 1.32. The molecule has 0 radical (unpaired) electrons. The average molecular weight is 198 g/mol. The third-order valence-electron chi connectivity index (χ3n) is 2.02. The van der Waals surface area contributed by atoms with Gasteiger partial charge in [0.1, 0.15) is 0 Å². The lowest BCUT2D eigenvalue weighted by molar-refractivity contribution is 0.292. The highest BCUT2D eigenvalue weighted by atomic mass is 15.1. The molecule has 0 amide bonds. The predicted octanol–water partition coefficient (Wildman–Crippen LogP) is 2.27. The molecule has 0 heterocycles. The lowest BCUT2D eigenvalue weighted by Crippen LogP contribution is -2.41. The van der Waals surface area contributed by atoms with Crippen LogP contribution in [0.4, 0.5) is 0 Å².